The molecule has 1 fully saturated rings. The molecule has 2 heterocycles. The lowest BCUT2D eigenvalue weighted by molar-refractivity contribution is 0.0735. The van der Waals surface area contributed by atoms with Crippen LogP contribution in [0.25, 0.3) is 0 Å². The lowest BCUT2D eigenvalue weighted by Crippen LogP contribution is -2.48. The third-order valence-corrected chi connectivity index (χ3v) is 9.56. The van der Waals surface area contributed by atoms with Gasteiger partial charge in [0.1, 0.15) is 5.01 Å². The van der Waals surface area contributed by atoms with Crippen molar-refractivity contribution in [2.24, 2.45) is 0 Å². The van der Waals surface area contributed by atoms with E-state index < -0.39 is 12.1 Å². The second-order valence-corrected chi connectivity index (χ2v) is 13.7. The summed E-state index contributed by atoms with van der Waals surface area (Å²) in [7, 11) is 3.76. The summed E-state index contributed by atoms with van der Waals surface area (Å²) >= 11 is 13.9. The van der Waals surface area contributed by atoms with Crippen molar-refractivity contribution in [1.29, 1.82) is 0 Å². The Kier molecular flexibility index (Phi) is 11.4. The van der Waals surface area contributed by atoms with Crippen LogP contribution in [0.2, 0.25) is 10.0 Å². The summed E-state index contributed by atoms with van der Waals surface area (Å²) in [5, 5.41) is 21.7. The highest BCUT2D eigenvalue weighted by molar-refractivity contribution is 7.09. The van der Waals surface area contributed by atoms with E-state index in [1.165, 1.54) is 0 Å². The lowest BCUT2D eigenvalue weighted by Gasteiger charge is -2.26. The Morgan fingerprint density at radius 3 is 2.43 bits per heavy atom. The van der Waals surface area contributed by atoms with Gasteiger partial charge in [-0.05, 0) is 73.7 Å². The van der Waals surface area contributed by atoms with Crippen molar-refractivity contribution in [2.75, 3.05) is 32.1 Å². The van der Waals surface area contributed by atoms with Gasteiger partial charge in [-0.1, -0.05) is 53.5 Å². The van der Waals surface area contributed by atoms with Crippen LogP contribution in [0.15, 0.2) is 72.1 Å². The summed E-state index contributed by atoms with van der Waals surface area (Å²) in [5.41, 5.74) is 4.34. The highest BCUT2D eigenvalue weighted by atomic mass is 35.5. The van der Waals surface area contributed by atoms with Crippen LogP contribution < -0.4 is 15.5 Å². The molecule has 0 bridgehead atoms. The number of aliphatic hydroxyl groups is 1. The van der Waals surface area contributed by atoms with Crippen LogP contribution in [0.5, 0.6) is 0 Å². The molecule has 1 aliphatic heterocycles. The number of aromatic nitrogens is 1. The largest absolute Gasteiger partial charge is 0.390 e. The van der Waals surface area contributed by atoms with Gasteiger partial charge in [0.25, 0.3) is 11.8 Å². The third kappa shape index (κ3) is 8.66. The molecule has 1 aliphatic rings. The van der Waals surface area contributed by atoms with Crippen molar-refractivity contribution in [3.05, 3.63) is 115 Å². The monoisotopic (exact) mass is 679 g/mol. The summed E-state index contributed by atoms with van der Waals surface area (Å²) in [6, 6.07) is 19.6. The maximum absolute atomic E-state index is 13.9. The fourth-order valence-electron chi connectivity index (χ4n) is 5.70. The molecule has 0 spiro atoms. The van der Waals surface area contributed by atoms with E-state index in [2.05, 4.69) is 15.6 Å². The van der Waals surface area contributed by atoms with Crippen LogP contribution in [-0.2, 0) is 13.0 Å². The number of anilines is 1. The van der Waals surface area contributed by atoms with Gasteiger partial charge in [0, 0.05) is 71.7 Å². The van der Waals surface area contributed by atoms with Crippen molar-refractivity contribution >= 4 is 52.0 Å². The van der Waals surface area contributed by atoms with E-state index in [0.717, 1.165) is 40.4 Å². The lowest BCUT2D eigenvalue weighted by atomic mass is 9.99. The number of nitrogens with one attached hydrogen (secondary N) is 2. The van der Waals surface area contributed by atoms with Crippen LogP contribution in [-0.4, -0.2) is 66.1 Å². The summed E-state index contributed by atoms with van der Waals surface area (Å²) in [4.78, 5) is 36.2. The second-order valence-electron chi connectivity index (χ2n) is 11.9. The number of benzene rings is 3. The minimum Gasteiger partial charge on any atom is -0.390 e. The van der Waals surface area contributed by atoms with Gasteiger partial charge in [-0.25, -0.2) is 4.98 Å². The zero-order chi connectivity index (χ0) is 32.8. The molecule has 1 aromatic heterocycles. The van der Waals surface area contributed by atoms with Crippen LogP contribution in [0.1, 0.15) is 61.4 Å². The van der Waals surface area contributed by atoms with E-state index >= 15 is 0 Å². The number of carbonyl (C=O) groups excluding carboxylic acids is 2. The Balaban J connectivity index is 1.35. The Morgan fingerprint density at radius 2 is 1.76 bits per heavy atom. The molecule has 0 radical (unpaired) electrons. The minimum atomic E-state index is -0.913. The number of aliphatic hydroxyl groups excluding tert-OH is 1. The molecule has 0 aliphatic carbocycles. The van der Waals surface area contributed by atoms with Crippen LogP contribution in [0, 0.1) is 6.92 Å². The Morgan fingerprint density at radius 1 is 1.04 bits per heavy atom. The molecule has 11 heteroatoms. The Labute approximate surface area is 284 Å². The summed E-state index contributed by atoms with van der Waals surface area (Å²) in [6.45, 7) is 3.25. The maximum atomic E-state index is 13.9. The number of nitrogens with zero attached hydrogens (tertiary/aromatic N) is 3. The Bertz CT molecular complexity index is 1640. The molecule has 8 nitrogen and oxygen atoms in total. The number of rotatable bonds is 12. The van der Waals surface area contributed by atoms with Crippen molar-refractivity contribution in [3.8, 4) is 0 Å². The standard InChI is InChI=1S/C35H39Cl2N5O3S/c1-22-21-46-34(39-22)31-10-7-11-42(31)35(45)26-15-25(16-29(17-26)41(2)3)33(44)40-30(14-23-8-5-4-6-9-23)32(43)20-38-19-24-12-27(36)18-28(37)13-24/h4-6,8-9,12-13,15-18,21,30-32,38,43H,7,10-11,14,19-20H2,1-3H3,(H,40,44)/t30-,31?,32+/m0/s1. The number of thiazole rings is 1. The van der Waals surface area contributed by atoms with Gasteiger partial charge in [0.2, 0.25) is 0 Å². The van der Waals surface area contributed by atoms with Gasteiger partial charge < -0.3 is 25.5 Å². The molecule has 4 aromatic rings. The zero-order valence-electron chi connectivity index (χ0n) is 26.2. The fraction of sp³-hybridized carbons (Fsp3) is 0.343. The predicted molar refractivity (Wildman–Crippen MR) is 186 cm³/mol. The van der Waals surface area contributed by atoms with E-state index in [0.29, 0.717) is 40.7 Å². The third-order valence-electron chi connectivity index (χ3n) is 8.06. The van der Waals surface area contributed by atoms with E-state index in [4.69, 9.17) is 23.2 Å². The first kappa shape index (κ1) is 33.9. The average Bonchev–Trinajstić information content (AvgIpc) is 3.69. The summed E-state index contributed by atoms with van der Waals surface area (Å²) in [5.74, 6) is -0.493. The fourth-order valence-corrected chi connectivity index (χ4v) is 7.22. The van der Waals surface area contributed by atoms with Gasteiger partial charge in [0.15, 0.2) is 0 Å². The molecular formula is C35H39Cl2N5O3S. The van der Waals surface area contributed by atoms with Gasteiger partial charge in [-0.3, -0.25) is 9.59 Å². The first-order chi connectivity index (χ1) is 22.1. The number of carbonyl (C=O) groups is 2. The van der Waals surface area contributed by atoms with E-state index in [1.54, 1.807) is 29.5 Å². The minimum absolute atomic E-state index is 0.0765. The summed E-state index contributed by atoms with van der Waals surface area (Å²) < 4.78 is 0. The number of likely N-dealkylation sites (tertiary alicyclic amines) is 1. The normalized spacial score (nSPS) is 15.9. The molecule has 0 saturated carbocycles. The number of halogens is 2. The number of hydrogen-bond acceptors (Lipinski definition) is 7. The highest BCUT2D eigenvalue weighted by Gasteiger charge is 2.33. The van der Waals surface area contributed by atoms with E-state index in [9.17, 15) is 14.7 Å². The van der Waals surface area contributed by atoms with Gasteiger partial charge in [-0.15, -0.1) is 11.3 Å². The average molecular weight is 681 g/mol. The molecule has 46 heavy (non-hydrogen) atoms. The van der Waals surface area contributed by atoms with Crippen molar-refractivity contribution in [2.45, 2.75) is 50.9 Å². The molecule has 242 valence electrons. The van der Waals surface area contributed by atoms with Gasteiger partial charge >= 0.3 is 0 Å². The first-order valence-electron chi connectivity index (χ1n) is 15.3. The quantitative estimate of drug-likeness (QED) is 0.163. The number of aryl methyl sites for hydroxylation is 1. The van der Waals surface area contributed by atoms with Crippen LogP contribution in [0.4, 0.5) is 5.69 Å². The topological polar surface area (TPSA) is 97.8 Å². The van der Waals surface area contributed by atoms with Crippen molar-refractivity contribution < 1.29 is 14.7 Å². The smallest absolute Gasteiger partial charge is 0.254 e. The van der Waals surface area contributed by atoms with Gasteiger partial charge in [-0.2, -0.15) is 0 Å². The SMILES string of the molecule is Cc1csc(C2CCCN2C(=O)c2cc(C(=O)N[C@@H](Cc3ccccc3)[C@H](O)CNCc3cc(Cl)cc(Cl)c3)cc(N(C)C)c2)n1. The highest BCUT2D eigenvalue weighted by Crippen LogP contribution is 2.35. The second kappa shape index (κ2) is 15.4. The molecule has 5 rings (SSSR count). The molecule has 2 amide bonds. The van der Waals surface area contributed by atoms with E-state index in [-0.39, 0.29) is 24.4 Å². The zero-order valence-corrected chi connectivity index (χ0v) is 28.5. The van der Waals surface area contributed by atoms with Gasteiger partial charge in [0.05, 0.1) is 18.2 Å². The van der Waals surface area contributed by atoms with Crippen molar-refractivity contribution in [3.63, 3.8) is 0 Å². The van der Waals surface area contributed by atoms with Crippen LogP contribution in [0.3, 0.4) is 0 Å². The predicted octanol–water partition coefficient (Wildman–Crippen LogP) is 6.29. The van der Waals surface area contributed by atoms with E-state index in [1.807, 2.05) is 84.7 Å². The molecule has 1 saturated heterocycles. The summed E-state index contributed by atoms with van der Waals surface area (Å²) in [6.07, 6.45) is 1.26. The first-order valence-corrected chi connectivity index (χ1v) is 16.9. The number of hydrogen-bond donors (Lipinski definition) is 3. The molecular weight excluding hydrogens is 641 g/mol. The number of amides is 2. The molecule has 3 aromatic carbocycles. The molecule has 1 unspecified atom stereocenters. The Hall–Kier alpha value is -3.47. The molecule has 3 N–H and O–H groups in total. The maximum Gasteiger partial charge on any atom is 0.254 e. The van der Waals surface area contributed by atoms with Crippen LogP contribution >= 0.6 is 34.5 Å². The van der Waals surface area contributed by atoms with Crippen molar-refractivity contribution in [1.82, 2.24) is 20.5 Å². The molecule has 3 atom stereocenters.